The van der Waals surface area contributed by atoms with E-state index in [4.69, 9.17) is 0 Å². The van der Waals surface area contributed by atoms with Crippen LogP contribution in [0.15, 0.2) is 18.2 Å². The van der Waals surface area contributed by atoms with Gasteiger partial charge in [-0.2, -0.15) is 0 Å². The smallest absolute Gasteiger partial charge is 0.0682 e. The number of hydrogen-bond acceptors (Lipinski definition) is 4. The first kappa shape index (κ1) is 13.7. The standard InChI is InChI=1S/C16H25N3O/c1-17-8-10-19(11-9-17)15-5-4-14(13-20)12-16(15)18-6-2-3-7-18/h4-5,12,20H,2-3,6-11,13H2,1H3. The second-order valence-corrected chi connectivity index (χ2v) is 5.97. The third-order valence-corrected chi connectivity index (χ3v) is 4.51. The molecule has 4 heteroatoms. The molecule has 20 heavy (non-hydrogen) atoms. The van der Waals surface area contributed by atoms with Crippen molar-refractivity contribution in [2.45, 2.75) is 19.4 Å². The molecule has 0 amide bonds. The number of aliphatic hydroxyl groups excluding tert-OH is 1. The van der Waals surface area contributed by atoms with E-state index in [0.717, 1.165) is 44.8 Å². The highest BCUT2D eigenvalue weighted by Crippen LogP contribution is 2.33. The van der Waals surface area contributed by atoms with Gasteiger partial charge in [-0.25, -0.2) is 0 Å². The monoisotopic (exact) mass is 275 g/mol. The third-order valence-electron chi connectivity index (χ3n) is 4.51. The summed E-state index contributed by atoms with van der Waals surface area (Å²) in [5.74, 6) is 0. The summed E-state index contributed by atoms with van der Waals surface area (Å²) in [6.45, 7) is 6.86. The Balaban J connectivity index is 1.88. The van der Waals surface area contributed by atoms with Crippen LogP contribution in [0.4, 0.5) is 11.4 Å². The van der Waals surface area contributed by atoms with Crippen molar-refractivity contribution in [3.63, 3.8) is 0 Å². The maximum Gasteiger partial charge on any atom is 0.0682 e. The Hall–Kier alpha value is -1.26. The van der Waals surface area contributed by atoms with Crippen LogP contribution in [0.5, 0.6) is 0 Å². The molecular formula is C16H25N3O. The fraction of sp³-hybridized carbons (Fsp3) is 0.625. The summed E-state index contributed by atoms with van der Waals surface area (Å²) < 4.78 is 0. The lowest BCUT2D eigenvalue weighted by atomic mass is 10.1. The highest BCUT2D eigenvalue weighted by molar-refractivity contribution is 5.73. The van der Waals surface area contributed by atoms with Crippen LogP contribution in [0.25, 0.3) is 0 Å². The summed E-state index contributed by atoms with van der Waals surface area (Å²) in [6, 6.07) is 6.44. The van der Waals surface area contributed by atoms with E-state index in [1.165, 1.54) is 24.2 Å². The van der Waals surface area contributed by atoms with Crippen molar-refractivity contribution < 1.29 is 5.11 Å². The van der Waals surface area contributed by atoms with Gasteiger partial charge in [0, 0.05) is 39.3 Å². The Labute approximate surface area is 121 Å². The number of rotatable bonds is 3. The molecule has 0 bridgehead atoms. The fourth-order valence-corrected chi connectivity index (χ4v) is 3.19. The fourth-order valence-electron chi connectivity index (χ4n) is 3.19. The van der Waals surface area contributed by atoms with E-state index in [1.807, 2.05) is 0 Å². The van der Waals surface area contributed by atoms with Gasteiger partial charge in [0.15, 0.2) is 0 Å². The molecule has 0 spiro atoms. The number of hydrogen-bond donors (Lipinski definition) is 1. The first-order valence-corrected chi connectivity index (χ1v) is 7.70. The van der Waals surface area contributed by atoms with E-state index >= 15 is 0 Å². The van der Waals surface area contributed by atoms with Gasteiger partial charge in [0.1, 0.15) is 0 Å². The van der Waals surface area contributed by atoms with Crippen LogP contribution < -0.4 is 9.80 Å². The van der Waals surface area contributed by atoms with Crippen molar-refractivity contribution in [1.29, 1.82) is 0 Å². The molecule has 110 valence electrons. The zero-order valence-electron chi connectivity index (χ0n) is 12.4. The number of anilines is 2. The van der Waals surface area contributed by atoms with Crippen LogP contribution in [0, 0.1) is 0 Å². The van der Waals surface area contributed by atoms with Crippen LogP contribution in [-0.4, -0.2) is 56.3 Å². The van der Waals surface area contributed by atoms with Gasteiger partial charge in [-0.15, -0.1) is 0 Å². The molecule has 2 aliphatic heterocycles. The van der Waals surface area contributed by atoms with Gasteiger partial charge in [0.2, 0.25) is 0 Å². The molecule has 3 rings (SSSR count). The van der Waals surface area contributed by atoms with Crippen LogP contribution in [0.2, 0.25) is 0 Å². The summed E-state index contributed by atoms with van der Waals surface area (Å²) in [7, 11) is 2.19. The van der Waals surface area contributed by atoms with E-state index in [-0.39, 0.29) is 6.61 Å². The number of nitrogens with zero attached hydrogens (tertiary/aromatic N) is 3. The minimum atomic E-state index is 0.129. The summed E-state index contributed by atoms with van der Waals surface area (Å²) in [6.07, 6.45) is 2.57. The number of likely N-dealkylation sites (N-methyl/N-ethyl adjacent to an activating group) is 1. The Morgan fingerprint density at radius 1 is 0.900 bits per heavy atom. The van der Waals surface area contributed by atoms with Crippen molar-refractivity contribution in [3.05, 3.63) is 23.8 Å². The number of benzene rings is 1. The number of piperazine rings is 1. The average molecular weight is 275 g/mol. The first-order valence-electron chi connectivity index (χ1n) is 7.70. The van der Waals surface area contributed by atoms with E-state index in [1.54, 1.807) is 0 Å². The predicted molar refractivity (Wildman–Crippen MR) is 83.5 cm³/mol. The SMILES string of the molecule is CN1CCN(c2ccc(CO)cc2N2CCCC2)CC1. The van der Waals surface area contributed by atoms with Crippen molar-refractivity contribution in [1.82, 2.24) is 4.90 Å². The summed E-state index contributed by atoms with van der Waals surface area (Å²) in [5, 5.41) is 9.40. The summed E-state index contributed by atoms with van der Waals surface area (Å²) in [5.41, 5.74) is 3.68. The number of aliphatic hydroxyl groups is 1. The molecule has 1 N–H and O–H groups in total. The largest absolute Gasteiger partial charge is 0.392 e. The lowest BCUT2D eigenvalue weighted by molar-refractivity contribution is 0.282. The van der Waals surface area contributed by atoms with Crippen LogP contribution >= 0.6 is 0 Å². The highest BCUT2D eigenvalue weighted by atomic mass is 16.3. The Kier molecular flexibility index (Phi) is 4.13. The van der Waals surface area contributed by atoms with Crippen LogP contribution in [-0.2, 0) is 6.61 Å². The highest BCUT2D eigenvalue weighted by Gasteiger charge is 2.21. The van der Waals surface area contributed by atoms with Gasteiger partial charge in [0.05, 0.1) is 18.0 Å². The topological polar surface area (TPSA) is 30.0 Å². The van der Waals surface area contributed by atoms with Crippen molar-refractivity contribution in [2.24, 2.45) is 0 Å². The molecule has 0 unspecified atom stereocenters. The van der Waals surface area contributed by atoms with Gasteiger partial charge in [-0.1, -0.05) is 6.07 Å². The maximum atomic E-state index is 9.40. The molecule has 2 heterocycles. The molecule has 2 saturated heterocycles. The quantitative estimate of drug-likeness (QED) is 0.906. The van der Waals surface area contributed by atoms with Crippen molar-refractivity contribution >= 4 is 11.4 Å². The molecule has 0 radical (unpaired) electrons. The second-order valence-electron chi connectivity index (χ2n) is 5.97. The van der Waals surface area contributed by atoms with E-state index < -0.39 is 0 Å². The van der Waals surface area contributed by atoms with Gasteiger partial charge in [0.25, 0.3) is 0 Å². The zero-order valence-corrected chi connectivity index (χ0v) is 12.4. The summed E-state index contributed by atoms with van der Waals surface area (Å²) in [4.78, 5) is 7.36. The first-order chi connectivity index (χ1) is 9.78. The Morgan fingerprint density at radius 2 is 1.55 bits per heavy atom. The van der Waals surface area contributed by atoms with E-state index in [9.17, 15) is 5.11 Å². The van der Waals surface area contributed by atoms with Crippen LogP contribution in [0.1, 0.15) is 18.4 Å². The molecule has 2 aliphatic rings. The van der Waals surface area contributed by atoms with Gasteiger partial charge in [-0.3, -0.25) is 0 Å². The molecule has 4 nitrogen and oxygen atoms in total. The molecule has 0 saturated carbocycles. The molecule has 0 atom stereocenters. The molecular weight excluding hydrogens is 250 g/mol. The molecule has 1 aromatic carbocycles. The average Bonchev–Trinajstić information content (AvgIpc) is 3.02. The van der Waals surface area contributed by atoms with Gasteiger partial charge in [-0.05, 0) is 37.6 Å². The predicted octanol–water partition coefficient (Wildman–Crippen LogP) is 1.53. The second kappa shape index (κ2) is 6.02. The normalized spacial score (nSPS) is 20.7. The van der Waals surface area contributed by atoms with Gasteiger partial charge < -0.3 is 19.8 Å². The molecule has 2 fully saturated rings. The molecule has 0 aliphatic carbocycles. The Morgan fingerprint density at radius 3 is 2.20 bits per heavy atom. The molecule has 0 aromatic heterocycles. The minimum Gasteiger partial charge on any atom is -0.392 e. The van der Waals surface area contributed by atoms with Gasteiger partial charge >= 0.3 is 0 Å². The molecule has 1 aromatic rings. The zero-order chi connectivity index (χ0) is 13.9. The minimum absolute atomic E-state index is 0.129. The van der Waals surface area contributed by atoms with Crippen LogP contribution in [0.3, 0.4) is 0 Å². The van der Waals surface area contributed by atoms with Crippen molar-refractivity contribution in [3.8, 4) is 0 Å². The maximum absolute atomic E-state index is 9.40. The lowest BCUT2D eigenvalue weighted by Crippen LogP contribution is -2.45. The summed E-state index contributed by atoms with van der Waals surface area (Å²) >= 11 is 0. The lowest BCUT2D eigenvalue weighted by Gasteiger charge is -2.36. The van der Waals surface area contributed by atoms with E-state index in [2.05, 4.69) is 39.9 Å². The third kappa shape index (κ3) is 2.76. The van der Waals surface area contributed by atoms with Crippen molar-refractivity contribution in [2.75, 3.05) is 56.1 Å². The van der Waals surface area contributed by atoms with E-state index in [0.29, 0.717) is 0 Å². The Bertz CT molecular complexity index is 449.